The summed E-state index contributed by atoms with van der Waals surface area (Å²) < 4.78 is 0. The molecule has 112 valence electrons. The number of allylic oxidation sites excluding steroid dienone is 1. The van der Waals surface area contributed by atoms with E-state index in [-0.39, 0.29) is 11.3 Å². The number of pyridine rings is 1. The second kappa shape index (κ2) is 6.17. The number of benzene rings is 1. The van der Waals surface area contributed by atoms with Gasteiger partial charge < -0.3 is 4.98 Å². The summed E-state index contributed by atoms with van der Waals surface area (Å²) in [6, 6.07) is 7.62. The van der Waals surface area contributed by atoms with E-state index in [9.17, 15) is 19.7 Å². The molecule has 0 aliphatic carbocycles. The summed E-state index contributed by atoms with van der Waals surface area (Å²) in [5, 5.41) is 10.7. The van der Waals surface area contributed by atoms with Crippen molar-refractivity contribution in [2.45, 2.75) is 13.8 Å². The lowest BCUT2D eigenvalue weighted by Gasteiger charge is -2.02. The fourth-order valence-electron chi connectivity index (χ4n) is 2.16. The molecule has 0 saturated carbocycles. The molecule has 0 aliphatic rings. The fourth-order valence-corrected chi connectivity index (χ4v) is 2.16. The Balaban J connectivity index is 2.31. The molecule has 0 amide bonds. The van der Waals surface area contributed by atoms with E-state index in [0.717, 1.165) is 0 Å². The third kappa shape index (κ3) is 3.35. The first kappa shape index (κ1) is 15.4. The number of hydrogen-bond acceptors (Lipinski definition) is 4. The smallest absolute Gasteiger partial charge is 0.270 e. The minimum absolute atomic E-state index is 0.0565. The normalized spacial score (nSPS) is 10.8. The Bertz CT molecular complexity index is 834. The van der Waals surface area contributed by atoms with Crippen molar-refractivity contribution in [1.29, 1.82) is 0 Å². The zero-order valence-corrected chi connectivity index (χ0v) is 12.1. The number of H-pyrrole nitrogens is 1. The second-order valence-electron chi connectivity index (χ2n) is 4.89. The quantitative estimate of drug-likeness (QED) is 0.406. The van der Waals surface area contributed by atoms with Gasteiger partial charge in [-0.2, -0.15) is 0 Å². The SMILES string of the molecule is Cc1cc(C)c(C(=O)C=Cc2cccc([N+](=O)[O-])c2)c(=O)[nH]1. The molecule has 0 unspecified atom stereocenters. The Labute approximate surface area is 126 Å². The molecule has 1 aromatic heterocycles. The number of ketones is 1. The highest BCUT2D eigenvalue weighted by atomic mass is 16.6. The first-order chi connectivity index (χ1) is 10.4. The minimum atomic E-state index is -0.506. The van der Waals surface area contributed by atoms with E-state index in [1.807, 2.05) is 0 Å². The number of hydrogen-bond donors (Lipinski definition) is 1. The highest BCUT2D eigenvalue weighted by Gasteiger charge is 2.11. The van der Waals surface area contributed by atoms with Crippen molar-refractivity contribution in [2.75, 3.05) is 0 Å². The summed E-state index contributed by atoms with van der Waals surface area (Å²) in [6.07, 6.45) is 2.69. The van der Waals surface area contributed by atoms with Gasteiger partial charge in [0.15, 0.2) is 5.78 Å². The van der Waals surface area contributed by atoms with Crippen LogP contribution < -0.4 is 5.56 Å². The van der Waals surface area contributed by atoms with Crippen LogP contribution in [0.4, 0.5) is 5.69 Å². The fraction of sp³-hybridized carbons (Fsp3) is 0.125. The van der Waals surface area contributed by atoms with Gasteiger partial charge in [-0.25, -0.2) is 0 Å². The zero-order valence-electron chi connectivity index (χ0n) is 12.1. The van der Waals surface area contributed by atoms with Gasteiger partial charge in [0.1, 0.15) is 0 Å². The molecule has 0 atom stereocenters. The summed E-state index contributed by atoms with van der Waals surface area (Å²) >= 11 is 0. The molecule has 2 aromatic rings. The van der Waals surface area contributed by atoms with Crippen molar-refractivity contribution in [2.24, 2.45) is 0 Å². The van der Waals surface area contributed by atoms with E-state index in [0.29, 0.717) is 16.8 Å². The molecule has 0 saturated heterocycles. The topological polar surface area (TPSA) is 93.1 Å². The predicted octanol–water partition coefficient (Wildman–Crippen LogP) is 2.80. The van der Waals surface area contributed by atoms with Gasteiger partial charge in [-0.05, 0) is 37.1 Å². The maximum Gasteiger partial charge on any atom is 0.270 e. The van der Waals surface area contributed by atoms with Crippen LogP contribution in [-0.4, -0.2) is 15.7 Å². The Morgan fingerprint density at radius 1 is 1.27 bits per heavy atom. The average molecular weight is 298 g/mol. The summed E-state index contributed by atoms with van der Waals surface area (Å²) in [5.74, 6) is -0.440. The van der Waals surface area contributed by atoms with E-state index >= 15 is 0 Å². The first-order valence-electron chi connectivity index (χ1n) is 6.56. The molecular formula is C16H14N2O4. The lowest BCUT2D eigenvalue weighted by Crippen LogP contribution is -2.19. The van der Waals surface area contributed by atoms with E-state index < -0.39 is 16.3 Å². The van der Waals surface area contributed by atoms with Crippen LogP contribution in [-0.2, 0) is 0 Å². The van der Waals surface area contributed by atoms with Crippen molar-refractivity contribution < 1.29 is 9.72 Å². The highest BCUT2D eigenvalue weighted by molar-refractivity contribution is 6.07. The Kier molecular flexibility index (Phi) is 4.31. The van der Waals surface area contributed by atoms with Crippen LogP contribution in [0, 0.1) is 24.0 Å². The number of carbonyl (C=O) groups is 1. The maximum absolute atomic E-state index is 12.1. The number of nitrogens with one attached hydrogen (secondary N) is 1. The predicted molar refractivity (Wildman–Crippen MR) is 83.0 cm³/mol. The number of nitrogens with zero attached hydrogens (tertiary/aromatic N) is 1. The summed E-state index contributed by atoms with van der Waals surface area (Å²) in [7, 11) is 0. The van der Waals surface area contributed by atoms with E-state index in [2.05, 4.69) is 4.98 Å². The van der Waals surface area contributed by atoms with E-state index in [1.165, 1.54) is 30.4 Å². The lowest BCUT2D eigenvalue weighted by atomic mass is 10.0. The summed E-state index contributed by atoms with van der Waals surface area (Å²) in [6.45, 7) is 3.43. The summed E-state index contributed by atoms with van der Waals surface area (Å²) in [5.41, 5.74) is 1.37. The Morgan fingerprint density at radius 2 is 2.00 bits per heavy atom. The number of aromatic nitrogens is 1. The van der Waals surface area contributed by atoms with Crippen LogP contribution >= 0.6 is 0 Å². The number of aromatic amines is 1. The third-order valence-electron chi connectivity index (χ3n) is 3.12. The molecule has 6 heteroatoms. The molecule has 6 nitrogen and oxygen atoms in total. The largest absolute Gasteiger partial charge is 0.326 e. The van der Waals surface area contributed by atoms with Gasteiger partial charge in [0.2, 0.25) is 0 Å². The molecule has 0 bridgehead atoms. The molecule has 0 spiro atoms. The number of nitro groups is 1. The van der Waals surface area contributed by atoms with Crippen LogP contribution in [0.25, 0.3) is 6.08 Å². The maximum atomic E-state index is 12.1. The van der Waals surface area contributed by atoms with Gasteiger partial charge in [0.05, 0.1) is 10.5 Å². The second-order valence-corrected chi connectivity index (χ2v) is 4.89. The van der Waals surface area contributed by atoms with Crippen molar-refractivity contribution in [3.63, 3.8) is 0 Å². The van der Waals surface area contributed by atoms with Gasteiger partial charge in [-0.15, -0.1) is 0 Å². The summed E-state index contributed by atoms with van der Waals surface area (Å²) in [4.78, 5) is 36.8. The Hall–Kier alpha value is -3.02. The van der Waals surface area contributed by atoms with Gasteiger partial charge in [-0.3, -0.25) is 19.7 Å². The zero-order chi connectivity index (χ0) is 16.3. The monoisotopic (exact) mass is 298 g/mol. The minimum Gasteiger partial charge on any atom is -0.326 e. The molecule has 1 aromatic carbocycles. The van der Waals surface area contributed by atoms with Crippen LogP contribution in [0.5, 0.6) is 0 Å². The average Bonchev–Trinajstić information content (AvgIpc) is 2.44. The molecule has 0 radical (unpaired) electrons. The molecule has 1 N–H and O–H groups in total. The Morgan fingerprint density at radius 3 is 2.64 bits per heavy atom. The first-order valence-corrected chi connectivity index (χ1v) is 6.56. The third-order valence-corrected chi connectivity index (χ3v) is 3.12. The lowest BCUT2D eigenvalue weighted by molar-refractivity contribution is -0.384. The highest BCUT2D eigenvalue weighted by Crippen LogP contribution is 2.14. The van der Waals surface area contributed by atoms with E-state index in [1.54, 1.807) is 26.0 Å². The van der Waals surface area contributed by atoms with Crippen molar-refractivity contribution in [3.8, 4) is 0 Å². The van der Waals surface area contributed by atoms with Gasteiger partial charge >= 0.3 is 0 Å². The van der Waals surface area contributed by atoms with Gasteiger partial charge in [0, 0.05) is 17.8 Å². The van der Waals surface area contributed by atoms with Gasteiger partial charge in [-0.1, -0.05) is 18.2 Å². The van der Waals surface area contributed by atoms with Crippen LogP contribution in [0.3, 0.4) is 0 Å². The van der Waals surface area contributed by atoms with Crippen molar-refractivity contribution in [3.05, 3.63) is 79.3 Å². The van der Waals surface area contributed by atoms with Crippen LogP contribution in [0.1, 0.15) is 27.2 Å². The number of nitro benzene ring substituents is 1. The number of aryl methyl sites for hydroxylation is 2. The van der Waals surface area contributed by atoms with E-state index in [4.69, 9.17) is 0 Å². The number of carbonyl (C=O) groups excluding carboxylic acids is 1. The molecule has 1 heterocycles. The molecular weight excluding hydrogens is 284 g/mol. The van der Waals surface area contributed by atoms with Crippen LogP contribution in [0.15, 0.2) is 41.2 Å². The van der Waals surface area contributed by atoms with Crippen molar-refractivity contribution in [1.82, 2.24) is 4.98 Å². The molecule has 2 rings (SSSR count). The van der Waals surface area contributed by atoms with Crippen molar-refractivity contribution >= 4 is 17.5 Å². The molecule has 0 fully saturated rings. The molecule has 22 heavy (non-hydrogen) atoms. The molecule has 0 aliphatic heterocycles. The number of non-ortho nitro benzene ring substituents is 1. The standard InChI is InChI=1S/C16H14N2O4/c1-10-8-11(2)17-16(20)15(10)14(19)7-6-12-4-3-5-13(9-12)18(21)22/h3-9H,1-2H3,(H,17,20). The number of rotatable bonds is 4. The van der Waals surface area contributed by atoms with Crippen LogP contribution in [0.2, 0.25) is 0 Å². The van der Waals surface area contributed by atoms with Gasteiger partial charge in [0.25, 0.3) is 11.2 Å².